The molecule has 4 rings (SSSR count). The molecule has 1 fully saturated rings. The highest BCUT2D eigenvalue weighted by molar-refractivity contribution is 7.18. The summed E-state index contributed by atoms with van der Waals surface area (Å²) < 4.78 is 14.2. The third kappa shape index (κ3) is 4.33. The highest BCUT2D eigenvalue weighted by Gasteiger charge is 2.22. The van der Waals surface area contributed by atoms with Gasteiger partial charge in [-0.25, -0.2) is 14.4 Å². The van der Waals surface area contributed by atoms with Crippen molar-refractivity contribution in [3.63, 3.8) is 0 Å². The summed E-state index contributed by atoms with van der Waals surface area (Å²) in [6, 6.07) is 7.41. The molecule has 0 saturated carbocycles. The molecular weight excluding hydrogens is 371 g/mol. The minimum Gasteiger partial charge on any atom is -0.355 e. The number of fused-ring (bicyclic) bond motifs is 1. The summed E-state index contributed by atoms with van der Waals surface area (Å²) in [7, 11) is 0. The summed E-state index contributed by atoms with van der Waals surface area (Å²) in [5.41, 5.74) is 3.65. The van der Waals surface area contributed by atoms with Crippen molar-refractivity contribution in [2.45, 2.75) is 45.1 Å². The quantitative estimate of drug-likeness (QED) is 0.591. The summed E-state index contributed by atoms with van der Waals surface area (Å²) in [6.45, 7) is 5.24. The van der Waals surface area contributed by atoms with E-state index in [2.05, 4.69) is 32.5 Å². The van der Waals surface area contributed by atoms with Crippen molar-refractivity contribution in [1.82, 2.24) is 15.3 Å². The number of nitrogens with zero attached hydrogens (tertiary/aromatic N) is 3. The molecule has 0 aliphatic carbocycles. The van der Waals surface area contributed by atoms with Gasteiger partial charge in [-0.2, -0.15) is 0 Å². The van der Waals surface area contributed by atoms with Crippen molar-refractivity contribution in [3.8, 4) is 0 Å². The molecule has 3 aromatic rings. The molecule has 0 spiro atoms. The fraction of sp³-hybridized carbons (Fsp3) is 0.455. The molecule has 28 heavy (non-hydrogen) atoms. The Morgan fingerprint density at radius 1 is 1.18 bits per heavy atom. The topological polar surface area (TPSA) is 41.0 Å². The molecule has 1 aliphatic heterocycles. The molecule has 0 bridgehead atoms. The Labute approximate surface area is 169 Å². The second-order valence-corrected chi connectivity index (χ2v) is 8.31. The lowest BCUT2D eigenvalue weighted by Gasteiger charge is -2.33. The fourth-order valence-corrected chi connectivity index (χ4v) is 5.03. The second-order valence-electron chi connectivity index (χ2n) is 7.43. The standard InChI is InChI=1S/C22H27FN4S/c1-2-17-14-28-21-20(17)25-15-26-22(21)27-12-9-19(10-13-27)24-11-3-4-16-5-7-18(23)8-6-16/h5-8,14-15,19,24H,2-4,9-13H2,1H3. The van der Waals surface area contributed by atoms with Gasteiger partial charge in [0, 0.05) is 19.1 Å². The van der Waals surface area contributed by atoms with Crippen LogP contribution in [0.2, 0.25) is 0 Å². The van der Waals surface area contributed by atoms with Crippen LogP contribution in [0.3, 0.4) is 0 Å². The van der Waals surface area contributed by atoms with Gasteiger partial charge < -0.3 is 10.2 Å². The van der Waals surface area contributed by atoms with Crippen molar-refractivity contribution in [2.75, 3.05) is 24.5 Å². The van der Waals surface area contributed by atoms with E-state index in [-0.39, 0.29) is 5.82 Å². The normalized spacial score (nSPS) is 15.4. The highest BCUT2D eigenvalue weighted by Crippen LogP contribution is 2.32. The van der Waals surface area contributed by atoms with Crippen LogP contribution in [0.15, 0.2) is 36.0 Å². The van der Waals surface area contributed by atoms with Gasteiger partial charge in [0.05, 0.1) is 10.2 Å². The summed E-state index contributed by atoms with van der Waals surface area (Å²) in [5.74, 6) is 0.938. The SMILES string of the molecule is CCc1csc2c(N3CCC(NCCCc4ccc(F)cc4)CC3)ncnc12. The average Bonchev–Trinajstić information content (AvgIpc) is 3.16. The van der Waals surface area contributed by atoms with E-state index in [9.17, 15) is 4.39 Å². The van der Waals surface area contributed by atoms with Gasteiger partial charge in [-0.15, -0.1) is 11.3 Å². The summed E-state index contributed by atoms with van der Waals surface area (Å²) in [5, 5.41) is 5.92. The number of halogens is 1. The Balaban J connectivity index is 1.26. The van der Waals surface area contributed by atoms with Crippen molar-refractivity contribution in [1.29, 1.82) is 0 Å². The first-order valence-corrected chi connectivity index (χ1v) is 11.1. The first-order valence-electron chi connectivity index (χ1n) is 10.2. The van der Waals surface area contributed by atoms with E-state index < -0.39 is 0 Å². The molecule has 0 atom stereocenters. The largest absolute Gasteiger partial charge is 0.355 e. The summed E-state index contributed by atoms with van der Waals surface area (Å²) >= 11 is 1.77. The smallest absolute Gasteiger partial charge is 0.150 e. The molecule has 1 aromatic carbocycles. The molecular formula is C22H27FN4S. The molecule has 0 unspecified atom stereocenters. The lowest BCUT2D eigenvalue weighted by Crippen LogP contribution is -2.43. The molecule has 1 saturated heterocycles. The van der Waals surface area contributed by atoms with Gasteiger partial charge in [-0.05, 0) is 67.3 Å². The van der Waals surface area contributed by atoms with Crippen LogP contribution in [0.25, 0.3) is 10.2 Å². The Kier molecular flexibility index (Phi) is 6.17. The van der Waals surface area contributed by atoms with Gasteiger partial charge in [0.15, 0.2) is 0 Å². The van der Waals surface area contributed by atoms with Crippen LogP contribution < -0.4 is 10.2 Å². The fourth-order valence-electron chi connectivity index (χ4n) is 3.91. The van der Waals surface area contributed by atoms with Crippen molar-refractivity contribution in [3.05, 3.63) is 52.9 Å². The number of aromatic nitrogens is 2. The lowest BCUT2D eigenvalue weighted by atomic mass is 10.0. The van der Waals surface area contributed by atoms with E-state index >= 15 is 0 Å². The average molecular weight is 399 g/mol. The van der Waals surface area contributed by atoms with Gasteiger partial charge in [-0.3, -0.25) is 0 Å². The Morgan fingerprint density at radius 2 is 1.96 bits per heavy atom. The number of benzene rings is 1. The summed E-state index contributed by atoms with van der Waals surface area (Å²) in [4.78, 5) is 11.5. The monoisotopic (exact) mass is 398 g/mol. The maximum absolute atomic E-state index is 13.0. The molecule has 0 radical (unpaired) electrons. The van der Waals surface area contributed by atoms with Crippen LogP contribution in [-0.4, -0.2) is 35.6 Å². The third-order valence-corrected chi connectivity index (χ3v) is 6.59. The van der Waals surface area contributed by atoms with Crippen molar-refractivity contribution >= 4 is 27.4 Å². The molecule has 1 aliphatic rings. The van der Waals surface area contributed by atoms with Gasteiger partial charge in [0.25, 0.3) is 0 Å². The van der Waals surface area contributed by atoms with Crippen molar-refractivity contribution < 1.29 is 4.39 Å². The van der Waals surface area contributed by atoms with E-state index in [4.69, 9.17) is 0 Å². The number of hydrogen-bond acceptors (Lipinski definition) is 5. The van der Waals surface area contributed by atoms with E-state index in [1.165, 1.54) is 15.8 Å². The van der Waals surface area contributed by atoms with Crippen LogP contribution in [0.1, 0.15) is 37.3 Å². The Bertz CT molecular complexity index is 901. The van der Waals surface area contributed by atoms with Crippen LogP contribution in [-0.2, 0) is 12.8 Å². The molecule has 3 heterocycles. The number of rotatable bonds is 7. The molecule has 1 N–H and O–H groups in total. The van der Waals surface area contributed by atoms with Crippen LogP contribution in [0.5, 0.6) is 0 Å². The maximum atomic E-state index is 13.0. The molecule has 4 nitrogen and oxygen atoms in total. The van der Waals surface area contributed by atoms with Crippen molar-refractivity contribution in [2.24, 2.45) is 0 Å². The molecule has 2 aromatic heterocycles. The van der Waals surface area contributed by atoms with E-state index in [1.54, 1.807) is 29.8 Å². The van der Waals surface area contributed by atoms with Gasteiger partial charge >= 0.3 is 0 Å². The molecule has 0 amide bonds. The number of aryl methyl sites for hydroxylation is 2. The number of thiophene rings is 1. The summed E-state index contributed by atoms with van der Waals surface area (Å²) in [6.07, 6.45) is 7.06. The third-order valence-electron chi connectivity index (χ3n) is 5.57. The highest BCUT2D eigenvalue weighted by atomic mass is 32.1. The van der Waals surface area contributed by atoms with Crippen LogP contribution in [0.4, 0.5) is 10.2 Å². The lowest BCUT2D eigenvalue weighted by molar-refractivity contribution is 0.412. The second kappa shape index (κ2) is 8.97. The zero-order chi connectivity index (χ0) is 19.3. The first-order chi connectivity index (χ1) is 13.7. The number of nitrogens with one attached hydrogen (secondary N) is 1. The van der Waals surface area contributed by atoms with Gasteiger partial charge in [-0.1, -0.05) is 19.1 Å². The first kappa shape index (κ1) is 19.3. The predicted molar refractivity (Wildman–Crippen MR) is 115 cm³/mol. The van der Waals surface area contributed by atoms with Crippen LogP contribution >= 0.6 is 11.3 Å². The van der Waals surface area contributed by atoms with Gasteiger partial charge in [0.2, 0.25) is 0 Å². The predicted octanol–water partition coefficient (Wildman–Crippen LogP) is 4.58. The van der Waals surface area contributed by atoms with Crippen LogP contribution in [0, 0.1) is 5.82 Å². The zero-order valence-electron chi connectivity index (χ0n) is 16.3. The van der Waals surface area contributed by atoms with E-state index in [0.29, 0.717) is 6.04 Å². The van der Waals surface area contributed by atoms with Gasteiger partial charge in [0.1, 0.15) is 18.0 Å². The molecule has 6 heteroatoms. The number of piperidine rings is 1. The zero-order valence-corrected chi connectivity index (χ0v) is 17.1. The minimum atomic E-state index is -0.164. The Morgan fingerprint density at radius 3 is 2.71 bits per heavy atom. The van der Waals surface area contributed by atoms with E-state index in [1.807, 2.05) is 12.1 Å². The number of anilines is 1. The maximum Gasteiger partial charge on any atom is 0.150 e. The Hall–Kier alpha value is -2.05. The minimum absolute atomic E-state index is 0.164. The number of hydrogen-bond donors (Lipinski definition) is 1. The van der Waals surface area contributed by atoms with E-state index in [0.717, 1.165) is 63.1 Å². The molecule has 148 valence electrons.